The fourth-order valence-corrected chi connectivity index (χ4v) is 7.68. The van der Waals surface area contributed by atoms with Crippen molar-refractivity contribution in [2.24, 2.45) is 11.7 Å². The number of aromatic nitrogens is 1. The SMILES string of the molecule is NC(=O)C(=O)C1(NC(=O)[C@@H]2C[C@H](n3ccccc3=O)CN2C(=O)C(CC2CCCCC2)NC(=O)c2ccc3ccccc3c2)CCOCC1. The predicted molar refractivity (Wildman–Crippen MR) is 181 cm³/mol. The van der Waals surface area contributed by atoms with Gasteiger partial charge in [0.2, 0.25) is 17.6 Å². The number of nitrogens with two attached hydrogens (primary N) is 1. The van der Waals surface area contributed by atoms with Crippen LogP contribution in [-0.2, 0) is 23.9 Å². The van der Waals surface area contributed by atoms with Gasteiger partial charge in [0, 0.05) is 50.4 Å². The number of ether oxygens (including phenoxy) is 1. The summed E-state index contributed by atoms with van der Waals surface area (Å²) >= 11 is 0. The molecule has 1 aliphatic carbocycles. The molecule has 3 aliphatic rings. The number of benzene rings is 2. The fourth-order valence-electron chi connectivity index (χ4n) is 7.68. The number of amides is 4. The van der Waals surface area contributed by atoms with E-state index < -0.39 is 53.1 Å². The highest BCUT2D eigenvalue weighted by molar-refractivity contribution is 6.39. The topological polar surface area (TPSA) is 170 Å². The Labute approximate surface area is 284 Å². The number of primary amides is 1. The molecule has 6 rings (SSSR count). The number of hydrogen-bond acceptors (Lipinski definition) is 7. The van der Waals surface area contributed by atoms with Crippen LogP contribution in [0.3, 0.4) is 0 Å². The van der Waals surface area contributed by atoms with E-state index in [0.717, 1.165) is 42.9 Å². The predicted octanol–water partition coefficient (Wildman–Crippen LogP) is 2.63. The van der Waals surface area contributed by atoms with Gasteiger partial charge in [0.1, 0.15) is 17.6 Å². The Morgan fingerprint density at radius 3 is 2.35 bits per heavy atom. The summed E-state index contributed by atoms with van der Waals surface area (Å²) in [5, 5.41) is 7.68. The first-order valence-corrected chi connectivity index (χ1v) is 17.2. The van der Waals surface area contributed by atoms with Crippen LogP contribution in [0.4, 0.5) is 0 Å². The van der Waals surface area contributed by atoms with Crippen LogP contribution in [0.1, 0.15) is 74.2 Å². The molecule has 0 spiro atoms. The maximum absolute atomic E-state index is 14.7. The lowest BCUT2D eigenvalue weighted by Crippen LogP contribution is -2.64. The van der Waals surface area contributed by atoms with Crippen LogP contribution in [0.15, 0.2) is 71.7 Å². The van der Waals surface area contributed by atoms with Gasteiger partial charge >= 0.3 is 0 Å². The van der Waals surface area contributed by atoms with E-state index in [-0.39, 0.29) is 50.5 Å². The number of pyridine rings is 1. The second kappa shape index (κ2) is 14.7. The van der Waals surface area contributed by atoms with Crippen molar-refractivity contribution in [3.8, 4) is 0 Å². The maximum atomic E-state index is 14.7. The van der Waals surface area contributed by atoms with Gasteiger partial charge in [0.05, 0.1) is 6.04 Å². The van der Waals surface area contributed by atoms with Gasteiger partial charge in [-0.25, -0.2) is 0 Å². The molecule has 3 aromatic rings. The van der Waals surface area contributed by atoms with Gasteiger partial charge < -0.3 is 30.6 Å². The van der Waals surface area contributed by atoms with Gasteiger partial charge in [-0.3, -0.25) is 28.8 Å². The molecule has 0 radical (unpaired) electrons. The van der Waals surface area contributed by atoms with Crippen molar-refractivity contribution >= 4 is 40.2 Å². The first kappa shape index (κ1) is 34.0. The lowest BCUT2D eigenvalue weighted by Gasteiger charge is -2.37. The quantitative estimate of drug-likeness (QED) is 0.279. The molecule has 4 N–H and O–H groups in total. The summed E-state index contributed by atoms with van der Waals surface area (Å²) in [7, 11) is 0. The molecule has 2 aliphatic heterocycles. The molecule has 3 fully saturated rings. The molecule has 3 atom stereocenters. The zero-order valence-electron chi connectivity index (χ0n) is 27.5. The Kier molecular flexibility index (Phi) is 10.2. The van der Waals surface area contributed by atoms with E-state index >= 15 is 0 Å². The lowest BCUT2D eigenvalue weighted by molar-refractivity contribution is -0.147. The van der Waals surface area contributed by atoms with Crippen molar-refractivity contribution in [3.05, 3.63) is 82.8 Å². The molecular weight excluding hydrogens is 626 g/mol. The minimum absolute atomic E-state index is 0.0354. The molecule has 1 aromatic heterocycles. The summed E-state index contributed by atoms with van der Waals surface area (Å²) in [6.07, 6.45) is 7.28. The van der Waals surface area contributed by atoms with Crippen LogP contribution in [0.25, 0.3) is 10.8 Å². The molecule has 2 aromatic carbocycles. The van der Waals surface area contributed by atoms with Gasteiger partial charge in [-0.2, -0.15) is 0 Å². The number of carbonyl (C=O) groups is 5. The summed E-state index contributed by atoms with van der Waals surface area (Å²) in [4.78, 5) is 82.0. The molecule has 1 saturated carbocycles. The number of fused-ring (bicyclic) bond motifs is 1. The highest BCUT2D eigenvalue weighted by atomic mass is 16.5. The fraction of sp³-hybridized carbons (Fsp3) is 0.459. The van der Waals surface area contributed by atoms with Crippen molar-refractivity contribution in [2.75, 3.05) is 19.8 Å². The number of ketones is 1. The van der Waals surface area contributed by atoms with E-state index in [2.05, 4.69) is 10.6 Å². The third-order valence-electron chi connectivity index (χ3n) is 10.4. The number of Topliss-reactive ketones (excluding diaryl/α,β-unsaturated/α-hetero) is 1. The number of hydrogen-bond donors (Lipinski definition) is 3. The first-order valence-electron chi connectivity index (χ1n) is 17.2. The summed E-state index contributed by atoms with van der Waals surface area (Å²) in [5.41, 5.74) is 3.97. The summed E-state index contributed by atoms with van der Waals surface area (Å²) in [6, 6.07) is 15.3. The van der Waals surface area contributed by atoms with E-state index in [4.69, 9.17) is 10.5 Å². The van der Waals surface area contributed by atoms with Crippen molar-refractivity contribution in [1.29, 1.82) is 0 Å². The first-order chi connectivity index (χ1) is 23.6. The molecular formula is C37H43N5O7. The third-order valence-corrected chi connectivity index (χ3v) is 10.4. The standard InChI is InChI=1S/C37H43N5O7/c38-33(45)32(44)37(15-18-49-19-16-37)40-35(47)30-22-28(41-17-7-6-12-31(41)43)23-42(30)36(48)29(20-24-8-2-1-3-9-24)39-34(46)27-14-13-25-10-4-5-11-26(25)21-27/h4-7,10-14,17,21,24,28-30H,1-3,8-9,15-16,18-20,22-23H2,(H2,38,45)(H,39,46)(H,40,47)/t28-,29?,30-/m0/s1. The van der Waals surface area contributed by atoms with E-state index in [0.29, 0.717) is 12.0 Å². The molecule has 49 heavy (non-hydrogen) atoms. The van der Waals surface area contributed by atoms with Crippen LogP contribution in [0.5, 0.6) is 0 Å². The van der Waals surface area contributed by atoms with Crippen LogP contribution in [-0.4, -0.2) is 76.3 Å². The van der Waals surface area contributed by atoms with Crippen LogP contribution in [0, 0.1) is 5.92 Å². The molecule has 4 amide bonds. The summed E-state index contributed by atoms with van der Waals surface area (Å²) in [5.74, 6) is -3.35. The van der Waals surface area contributed by atoms with Crippen LogP contribution in [0.2, 0.25) is 0 Å². The minimum Gasteiger partial charge on any atom is -0.381 e. The van der Waals surface area contributed by atoms with Gasteiger partial charge in [0.15, 0.2) is 0 Å². The smallest absolute Gasteiger partial charge is 0.287 e. The van der Waals surface area contributed by atoms with Crippen molar-refractivity contribution in [3.63, 3.8) is 0 Å². The summed E-state index contributed by atoms with van der Waals surface area (Å²) in [6.45, 7) is 0.311. The largest absolute Gasteiger partial charge is 0.381 e. The number of carbonyl (C=O) groups excluding carboxylic acids is 5. The molecule has 12 heteroatoms. The van der Waals surface area contributed by atoms with Crippen LogP contribution >= 0.6 is 0 Å². The Morgan fingerprint density at radius 1 is 0.918 bits per heavy atom. The molecule has 12 nitrogen and oxygen atoms in total. The number of nitrogens with one attached hydrogen (secondary N) is 2. The Hall–Kier alpha value is -4.84. The Bertz CT molecular complexity index is 1790. The number of likely N-dealkylation sites (tertiary alicyclic amines) is 1. The second-order valence-corrected chi connectivity index (χ2v) is 13.5. The van der Waals surface area contributed by atoms with Gasteiger partial charge in [-0.15, -0.1) is 0 Å². The summed E-state index contributed by atoms with van der Waals surface area (Å²) < 4.78 is 6.91. The van der Waals surface area contributed by atoms with E-state index in [9.17, 15) is 28.8 Å². The zero-order valence-corrected chi connectivity index (χ0v) is 27.5. The zero-order chi connectivity index (χ0) is 34.5. The van der Waals surface area contributed by atoms with Gasteiger partial charge in [0.25, 0.3) is 17.4 Å². The lowest BCUT2D eigenvalue weighted by atomic mass is 9.84. The second-order valence-electron chi connectivity index (χ2n) is 13.5. The van der Waals surface area contributed by atoms with Crippen LogP contribution < -0.4 is 21.9 Å². The number of nitrogens with zero attached hydrogens (tertiary/aromatic N) is 2. The van der Waals surface area contributed by atoms with Crippen molar-refractivity contribution in [1.82, 2.24) is 20.1 Å². The van der Waals surface area contributed by atoms with E-state index in [1.54, 1.807) is 30.5 Å². The molecule has 1 unspecified atom stereocenters. The van der Waals surface area contributed by atoms with Crippen molar-refractivity contribution in [2.45, 2.75) is 81.5 Å². The Balaban J connectivity index is 1.31. The highest BCUT2D eigenvalue weighted by Gasteiger charge is 2.49. The minimum atomic E-state index is -1.57. The molecule has 2 saturated heterocycles. The average molecular weight is 670 g/mol. The monoisotopic (exact) mass is 669 g/mol. The number of rotatable bonds is 10. The van der Waals surface area contributed by atoms with E-state index in [1.165, 1.54) is 15.5 Å². The van der Waals surface area contributed by atoms with Crippen molar-refractivity contribution < 1.29 is 28.7 Å². The maximum Gasteiger partial charge on any atom is 0.287 e. The normalized spacial score (nSPS) is 21.5. The average Bonchev–Trinajstić information content (AvgIpc) is 3.57. The van der Waals surface area contributed by atoms with E-state index in [1.807, 2.05) is 30.3 Å². The Morgan fingerprint density at radius 2 is 1.63 bits per heavy atom. The molecule has 3 heterocycles. The molecule has 258 valence electrons. The van der Waals surface area contributed by atoms with Gasteiger partial charge in [-0.05, 0) is 47.7 Å². The highest BCUT2D eigenvalue weighted by Crippen LogP contribution is 2.32. The molecule has 0 bridgehead atoms. The third kappa shape index (κ3) is 7.44. The van der Waals surface area contributed by atoms with Gasteiger partial charge in [-0.1, -0.05) is 68.5 Å².